The molecule has 0 aromatic heterocycles. The highest BCUT2D eigenvalue weighted by Gasteiger charge is 2.27. The molecule has 11 heavy (non-hydrogen) atoms. The van der Waals surface area contributed by atoms with E-state index in [9.17, 15) is 4.79 Å². The van der Waals surface area contributed by atoms with Crippen molar-refractivity contribution in [3.05, 3.63) is 0 Å². The molecule has 0 aliphatic carbocycles. The minimum absolute atomic E-state index is 0. The van der Waals surface area contributed by atoms with Gasteiger partial charge in [-0.05, 0) is 13.8 Å². The lowest BCUT2D eigenvalue weighted by atomic mass is 10.4. The van der Waals surface area contributed by atoms with E-state index in [0.29, 0.717) is 12.2 Å². The summed E-state index contributed by atoms with van der Waals surface area (Å²) < 4.78 is 4.92. The van der Waals surface area contributed by atoms with Crippen molar-refractivity contribution in [1.29, 1.82) is 0 Å². The number of carboxylic acids is 1. The Hall–Kier alpha value is -0.570. The molecule has 0 radical (unpaired) electrons. The Kier molecular flexibility index (Phi) is 7.31. The van der Waals surface area contributed by atoms with Crippen LogP contribution in [0.5, 0.6) is 0 Å². The van der Waals surface area contributed by atoms with Gasteiger partial charge in [-0.15, -0.1) is 0 Å². The van der Waals surface area contributed by atoms with Gasteiger partial charge in [0.15, 0.2) is 0 Å². The first kappa shape index (κ1) is 13.1. The third kappa shape index (κ3) is 9.43. The fraction of sp³-hybridized carbons (Fsp3) is 0.875. The zero-order chi connectivity index (χ0) is 8.15. The fourth-order valence-corrected chi connectivity index (χ4v) is 0.293. The Balaban J connectivity index is 0. The number of carboxylic acid groups (broad SMARTS) is 1. The van der Waals surface area contributed by atoms with Gasteiger partial charge in [-0.2, -0.15) is 0 Å². The lowest BCUT2D eigenvalue weighted by Crippen LogP contribution is -1.86. The summed E-state index contributed by atoms with van der Waals surface area (Å²) in [5.74, 6) is -0.745. The van der Waals surface area contributed by atoms with E-state index in [-0.39, 0.29) is 13.8 Å². The molecule has 0 amide bonds. The third-order valence-corrected chi connectivity index (χ3v) is 1.32. The summed E-state index contributed by atoms with van der Waals surface area (Å²) in [6.45, 7) is 5.75. The monoisotopic (exact) mass is 162 g/mol. The molecule has 1 aliphatic heterocycles. The summed E-state index contributed by atoms with van der Waals surface area (Å²) >= 11 is 0. The van der Waals surface area contributed by atoms with Gasteiger partial charge >= 0.3 is 5.97 Å². The minimum Gasteiger partial charge on any atom is -0.481 e. The molecule has 3 nitrogen and oxygen atoms in total. The van der Waals surface area contributed by atoms with E-state index in [1.807, 2.05) is 0 Å². The molecular weight excluding hydrogens is 144 g/mol. The average Bonchev–Trinajstić information content (AvgIpc) is 2.47. The van der Waals surface area contributed by atoms with Crippen LogP contribution in [-0.4, -0.2) is 23.3 Å². The summed E-state index contributed by atoms with van der Waals surface area (Å²) in [7, 11) is 0. The molecule has 0 bridgehead atoms. The quantitative estimate of drug-likeness (QED) is 0.599. The van der Waals surface area contributed by atoms with Crippen LogP contribution in [0.1, 0.15) is 34.6 Å². The molecular formula is C8H18O3. The van der Waals surface area contributed by atoms with E-state index in [0.717, 1.165) is 0 Å². The number of aliphatic carboxylic acids is 1. The number of rotatable bonds is 1. The van der Waals surface area contributed by atoms with Crippen molar-refractivity contribution in [2.75, 3.05) is 0 Å². The summed E-state index contributed by atoms with van der Waals surface area (Å²) in [5.41, 5.74) is 0. The van der Waals surface area contributed by atoms with Crippen LogP contribution >= 0.6 is 0 Å². The van der Waals surface area contributed by atoms with Crippen molar-refractivity contribution < 1.29 is 14.6 Å². The van der Waals surface area contributed by atoms with Crippen LogP contribution in [0.3, 0.4) is 0 Å². The van der Waals surface area contributed by atoms with Crippen LogP contribution in [0, 0.1) is 0 Å². The second-order valence-corrected chi connectivity index (χ2v) is 2.29. The predicted octanol–water partition coefficient (Wildman–Crippen LogP) is 1.91. The average molecular weight is 162 g/mol. The molecule has 0 aromatic rings. The lowest BCUT2D eigenvalue weighted by Gasteiger charge is -1.71. The van der Waals surface area contributed by atoms with Crippen molar-refractivity contribution in [2.45, 2.75) is 46.8 Å². The first-order valence-electron chi connectivity index (χ1n) is 3.45. The van der Waals surface area contributed by atoms with Crippen LogP contribution in [0.25, 0.3) is 0 Å². The summed E-state index contributed by atoms with van der Waals surface area (Å²) in [6.07, 6.45) is 1.32. The molecule has 1 N–H and O–H groups in total. The van der Waals surface area contributed by atoms with E-state index >= 15 is 0 Å². The van der Waals surface area contributed by atoms with Gasteiger partial charge in [0, 0.05) is 6.42 Å². The molecule has 1 fully saturated rings. The standard InChI is InChI=1S/C4H8O.C3H6O2.CH4/c1-3-4(2)5-3;1-2-3(4)5;/h3-4H,1-2H3;2H2,1H3,(H,4,5);1H4. The molecule has 1 aliphatic rings. The third-order valence-electron chi connectivity index (χ3n) is 1.32. The molecule has 0 aromatic carbocycles. The number of hydrogen-bond acceptors (Lipinski definition) is 2. The van der Waals surface area contributed by atoms with Crippen molar-refractivity contribution in [3.63, 3.8) is 0 Å². The van der Waals surface area contributed by atoms with Crippen molar-refractivity contribution in [3.8, 4) is 0 Å². The Morgan fingerprint density at radius 3 is 1.64 bits per heavy atom. The number of epoxide rings is 1. The van der Waals surface area contributed by atoms with Crippen LogP contribution in [-0.2, 0) is 9.53 Å². The molecule has 0 saturated carbocycles. The SMILES string of the molecule is C.CC1OC1C.CCC(=O)O. The summed E-state index contributed by atoms with van der Waals surface area (Å²) in [4.78, 5) is 9.37. The van der Waals surface area contributed by atoms with Crippen LogP contribution in [0.4, 0.5) is 0 Å². The zero-order valence-corrected chi connectivity index (χ0v) is 6.63. The van der Waals surface area contributed by atoms with E-state index in [1.165, 1.54) is 0 Å². The largest absolute Gasteiger partial charge is 0.481 e. The molecule has 1 saturated heterocycles. The van der Waals surface area contributed by atoms with Crippen LogP contribution in [0.15, 0.2) is 0 Å². The Bertz CT molecular complexity index is 106. The van der Waals surface area contributed by atoms with Gasteiger partial charge in [-0.1, -0.05) is 14.4 Å². The van der Waals surface area contributed by atoms with Gasteiger partial charge in [0.05, 0.1) is 12.2 Å². The first-order chi connectivity index (χ1) is 4.57. The molecule has 68 valence electrons. The van der Waals surface area contributed by atoms with Crippen molar-refractivity contribution >= 4 is 5.97 Å². The first-order valence-corrected chi connectivity index (χ1v) is 3.45. The highest BCUT2D eigenvalue weighted by molar-refractivity contribution is 5.66. The van der Waals surface area contributed by atoms with Crippen LogP contribution < -0.4 is 0 Å². The van der Waals surface area contributed by atoms with Gasteiger partial charge in [-0.3, -0.25) is 4.79 Å². The molecule has 1 heterocycles. The van der Waals surface area contributed by atoms with Crippen molar-refractivity contribution in [1.82, 2.24) is 0 Å². The fourth-order valence-electron chi connectivity index (χ4n) is 0.293. The minimum atomic E-state index is -0.745. The Labute approximate surface area is 68.4 Å². The molecule has 2 unspecified atom stereocenters. The number of hydrogen-bond donors (Lipinski definition) is 1. The normalized spacial score (nSPS) is 25.7. The Morgan fingerprint density at radius 2 is 1.64 bits per heavy atom. The number of carbonyl (C=O) groups is 1. The maximum atomic E-state index is 9.37. The maximum absolute atomic E-state index is 9.37. The van der Waals surface area contributed by atoms with Gasteiger partial charge in [-0.25, -0.2) is 0 Å². The smallest absolute Gasteiger partial charge is 0.303 e. The lowest BCUT2D eigenvalue weighted by molar-refractivity contribution is -0.136. The molecule has 0 spiro atoms. The predicted molar refractivity (Wildman–Crippen MR) is 44.7 cm³/mol. The summed E-state index contributed by atoms with van der Waals surface area (Å²) in [5, 5.41) is 7.72. The second kappa shape index (κ2) is 6.16. The Morgan fingerprint density at radius 1 is 1.45 bits per heavy atom. The van der Waals surface area contributed by atoms with E-state index < -0.39 is 5.97 Å². The van der Waals surface area contributed by atoms with Gasteiger partial charge in [0.1, 0.15) is 0 Å². The molecule has 2 atom stereocenters. The highest BCUT2D eigenvalue weighted by Crippen LogP contribution is 2.18. The van der Waals surface area contributed by atoms with Gasteiger partial charge in [0.2, 0.25) is 0 Å². The van der Waals surface area contributed by atoms with E-state index in [2.05, 4.69) is 13.8 Å². The van der Waals surface area contributed by atoms with Crippen LogP contribution in [0.2, 0.25) is 0 Å². The summed E-state index contributed by atoms with van der Waals surface area (Å²) in [6, 6.07) is 0. The number of ether oxygens (including phenoxy) is 1. The topological polar surface area (TPSA) is 49.8 Å². The van der Waals surface area contributed by atoms with E-state index in [1.54, 1.807) is 6.92 Å². The zero-order valence-electron chi connectivity index (χ0n) is 6.63. The van der Waals surface area contributed by atoms with Gasteiger partial charge < -0.3 is 9.84 Å². The highest BCUT2D eigenvalue weighted by atomic mass is 16.6. The van der Waals surface area contributed by atoms with E-state index in [4.69, 9.17) is 9.84 Å². The van der Waals surface area contributed by atoms with Crippen molar-refractivity contribution in [2.24, 2.45) is 0 Å². The van der Waals surface area contributed by atoms with Gasteiger partial charge in [0.25, 0.3) is 0 Å². The second-order valence-electron chi connectivity index (χ2n) is 2.29. The molecule has 3 heteroatoms. The maximum Gasteiger partial charge on any atom is 0.303 e. The molecule has 1 rings (SSSR count).